The predicted octanol–water partition coefficient (Wildman–Crippen LogP) is 2.78. The van der Waals surface area contributed by atoms with Crippen LogP contribution in [0.3, 0.4) is 0 Å². The predicted molar refractivity (Wildman–Crippen MR) is 75.4 cm³/mol. The highest BCUT2D eigenvalue weighted by atomic mass is 16.4. The van der Waals surface area contributed by atoms with E-state index in [9.17, 15) is 4.79 Å². The number of carboxylic acids is 1. The summed E-state index contributed by atoms with van der Waals surface area (Å²) in [7, 11) is 1.93. The van der Waals surface area contributed by atoms with Gasteiger partial charge in [-0.25, -0.2) is 4.79 Å². The minimum atomic E-state index is -1.01. The molecule has 3 rings (SSSR count). The molecule has 0 spiro atoms. The van der Waals surface area contributed by atoms with Crippen LogP contribution in [0.2, 0.25) is 0 Å². The van der Waals surface area contributed by atoms with Crippen LogP contribution in [0.5, 0.6) is 0 Å². The van der Waals surface area contributed by atoms with Gasteiger partial charge in [-0.1, -0.05) is 30.3 Å². The van der Waals surface area contributed by atoms with E-state index in [4.69, 9.17) is 5.11 Å². The second-order valence-corrected chi connectivity index (χ2v) is 4.59. The van der Waals surface area contributed by atoms with Gasteiger partial charge in [0.25, 0.3) is 0 Å². The van der Waals surface area contributed by atoms with Crippen molar-refractivity contribution in [1.82, 2.24) is 14.8 Å². The molecule has 100 valence electrons. The third-order valence-electron chi connectivity index (χ3n) is 3.12. The van der Waals surface area contributed by atoms with Gasteiger partial charge in [-0.2, -0.15) is 5.10 Å². The molecule has 0 amide bonds. The molecule has 5 nitrogen and oxygen atoms in total. The molecule has 5 heteroatoms. The summed E-state index contributed by atoms with van der Waals surface area (Å²) in [5, 5.41) is 15.6. The van der Waals surface area contributed by atoms with Gasteiger partial charge in [-0.15, -0.1) is 0 Å². The van der Waals surface area contributed by atoms with Crippen molar-refractivity contribution in [1.29, 1.82) is 0 Å². The van der Waals surface area contributed by atoms with Gasteiger partial charge in [0.15, 0.2) is 0 Å². The molecule has 0 aliphatic heterocycles. The highest BCUT2D eigenvalue weighted by molar-refractivity contribution is 5.89. The van der Waals surface area contributed by atoms with E-state index in [0.717, 1.165) is 16.7 Å². The van der Waals surface area contributed by atoms with Gasteiger partial charge in [0.1, 0.15) is 5.69 Å². The van der Waals surface area contributed by atoms with Gasteiger partial charge >= 0.3 is 5.97 Å². The normalized spacial score (nSPS) is 10.7. The monoisotopic (exact) mass is 267 g/mol. The van der Waals surface area contributed by atoms with Gasteiger partial charge in [0.05, 0.1) is 5.69 Å². The van der Waals surface area contributed by atoms with Crippen molar-refractivity contribution >= 4 is 5.97 Å². The van der Waals surface area contributed by atoms with Crippen molar-refractivity contribution in [2.24, 2.45) is 7.05 Å². The molecule has 2 heterocycles. The number of aryl methyl sites for hydroxylation is 1. The van der Waals surface area contributed by atoms with E-state index in [2.05, 4.69) is 10.2 Å². The molecule has 2 aromatic heterocycles. The Morgan fingerprint density at radius 3 is 2.55 bits per heavy atom. The fourth-order valence-corrected chi connectivity index (χ4v) is 2.20. The van der Waals surface area contributed by atoms with Crippen LogP contribution in [0.15, 0.2) is 48.8 Å². The number of benzene rings is 1. The first-order valence-electron chi connectivity index (χ1n) is 6.15. The second-order valence-electron chi connectivity index (χ2n) is 4.59. The van der Waals surface area contributed by atoms with Crippen molar-refractivity contribution < 1.29 is 9.90 Å². The Kier molecular flexibility index (Phi) is 2.87. The van der Waals surface area contributed by atoms with Gasteiger partial charge < -0.3 is 9.67 Å². The summed E-state index contributed by atoms with van der Waals surface area (Å²) < 4.78 is 1.94. The van der Waals surface area contributed by atoms with Crippen LogP contribution in [0.4, 0.5) is 0 Å². The summed E-state index contributed by atoms with van der Waals surface area (Å²) in [6, 6.07) is 11.5. The van der Waals surface area contributed by atoms with Gasteiger partial charge in [0, 0.05) is 30.6 Å². The Morgan fingerprint density at radius 2 is 1.90 bits per heavy atom. The summed E-state index contributed by atoms with van der Waals surface area (Å²) in [6.07, 6.45) is 3.93. The summed E-state index contributed by atoms with van der Waals surface area (Å²) in [5.41, 5.74) is 3.71. The molecule has 20 heavy (non-hydrogen) atoms. The van der Waals surface area contributed by atoms with E-state index in [1.807, 2.05) is 54.3 Å². The van der Waals surface area contributed by atoms with E-state index in [0.29, 0.717) is 5.69 Å². The standard InChI is InChI=1S/C15H13N3O2/c1-18-8-11(10-5-3-2-4-6-10)12(9-18)13-7-14(15(19)20)17-16-13/h2-9H,1H3,(H,16,17)(H,19,20). The minimum absolute atomic E-state index is 0.0860. The number of aromatic amines is 1. The van der Waals surface area contributed by atoms with Gasteiger partial charge in [-0.3, -0.25) is 5.10 Å². The van der Waals surface area contributed by atoms with E-state index < -0.39 is 5.97 Å². The molecule has 0 unspecified atom stereocenters. The lowest BCUT2D eigenvalue weighted by molar-refractivity contribution is 0.0690. The van der Waals surface area contributed by atoms with Crippen LogP contribution in [0, 0.1) is 0 Å². The number of carbonyl (C=O) groups is 1. The number of carboxylic acid groups (broad SMARTS) is 1. The summed E-state index contributed by atoms with van der Waals surface area (Å²) in [6.45, 7) is 0. The number of nitrogens with zero attached hydrogens (tertiary/aromatic N) is 2. The number of nitrogens with one attached hydrogen (secondary N) is 1. The van der Waals surface area contributed by atoms with E-state index in [1.54, 1.807) is 6.07 Å². The quantitative estimate of drug-likeness (QED) is 0.766. The molecule has 0 bridgehead atoms. The molecule has 2 N–H and O–H groups in total. The Hall–Kier alpha value is -2.82. The zero-order valence-corrected chi connectivity index (χ0v) is 10.9. The van der Waals surface area contributed by atoms with Crippen molar-refractivity contribution in [2.45, 2.75) is 0 Å². The molecule has 1 aromatic carbocycles. The smallest absolute Gasteiger partial charge is 0.353 e. The Morgan fingerprint density at radius 1 is 1.20 bits per heavy atom. The van der Waals surface area contributed by atoms with E-state index >= 15 is 0 Å². The molecule has 0 aliphatic carbocycles. The van der Waals surface area contributed by atoms with E-state index in [-0.39, 0.29) is 5.69 Å². The van der Waals surface area contributed by atoms with Crippen molar-refractivity contribution in [3.8, 4) is 22.4 Å². The zero-order valence-electron chi connectivity index (χ0n) is 10.9. The maximum absolute atomic E-state index is 10.9. The number of hydrogen-bond donors (Lipinski definition) is 2. The van der Waals surface area contributed by atoms with Crippen molar-refractivity contribution in [2.75, 3.05) is 0 Å². The molecule has 3 aromatic rings. The highest BCUT2D eigenvalue weighted by Gasteiger charge is 2.15. The maximum Gasteiger partial charge on any atom is 0.353 e. The lowest BCUT2D eigenvalue weighted by Crippen LogP contribution is -1.95. The summed E-state index contributed by atoms with van der Waals surface area (Å²) in [4.78, 5) is 10.9. The molecule has 0 radical (unpaired) electrons. The SMILES string of the molecule is Cn1cc(-c2ccccc2)c(-c2cc(C(=O)O)[nH]n2)c1. The lowest BCUT2D eigenvalue weighted by Gasteiger charge is -2.00. The number of aromatic nitrogens is 3. The largest absolute Gasteiger partial charge is 0.477 e. The Balaban J connectivity index is 2.12. The molecule has 0 atom stereocenters. The molecule has 0 fully saturated rings. The van der Waals surface area contributed by atoms with Crippen molar-refractivity contribution in [3.63, 3.8) is 0 Å². The van der Waals surface area contributed by atoms with Crippen LogP contribution in [0.25, 0.3) is 22.4 Å². The van der Waals surface area contributed by atoms with Crippen molar-refractivity contribution in [3.05, 3.63) is 54.5 Å². The first-order chi connectivity index (χ1) is 9.65. The topological polar surface area (TPSA) is 70.9 Å². The highest BCUT2D eigenvalue weighted by Crippen LogP contribution is 2.31. The lowest BCUT2D eigenvalue weighted by atomic mass is 10.0. The first-order valence-corrected chi connectivity index (χ1v) is 6.15. The molecular weight excluding hydrogens is 254 g/mol. The first kappa shape index (κ1) is 12.2. The fraction of sp³-hybridized carbons (Fsp3) is 0.0667. The van der Waals surface area contributed by atoms with E-state index in [1.165, 1.54) is 0 Å². The maximum atomic E-state index is 10.9. The van der Waals surface area contributed by atoms with Crippen LogP contribution in [0.1, 0.15) is 10.5 Å². The van der Waals surface area contributed by atoms with Crippen LogP contribution in [-0.2, 0) is 7.05 Å². The number of H-pyrrole nitrogens is 1. The average Bonchev–Trinajstić information content (AvgIpc) is 3.06. The summed E-state index contributed by atoms with van der Waals surface area (Å²) >= 11 is 0. The van der Waals surface area contributed by atoms with Crippen LogP contribution in [-0.4, -0.2) is 25.8 Å². The number of aromatic carboxylic acids is 1. The summed E-state index contributed by atoms with van der Waals surface area (Å²) in [5.74, 6) is -1.01. The molecule has 0 saturated heterocycles. The average molecular weight is 267 g/mol. The minimum Gasteiger partial charge on any atom is -0.477 e. The Bertz CT molecular complexity index is 757. The molecule has 0 aliphatic rings. The zero-order chi connectivity index (χ0) is 14.1. The Labute approximate surface area is 115 Å². The third-order valence-corrected chi connectivity index (χ3v) is 3.12. The third kappa shape index (κ3) is 2.09. The number of rotatable bonds is 3. The second kappa shape index (κ2) is 4.70. The van der Waals surface area contributed by atoms with Crippen LogP contribution >= 0.6 is 0 Å². The van der Waals surface area contributed by atoms with Gasteiger partial charge in [0.2, 0.25) is 0 Å². The van der Waals surface area contributed by atoms with Crippen LogP contribution < -0.4 is 0 Å². The molecule has 0 saturated carbocycles. The molecular formula is C15H13N3O2. The fourth-order valence-electron chi connectivity index (χ4n) is 2.20. The van der Waals surface area contributed by atoms with Gasteiger partial charge in [-0.05, 0) is 11.6 Å². The number of hydrogen-bond acceptors (Lipinski definition) is 2.